The molecule has 0 spiro atoms. The van der Waals surface area contributed by atoms with E-state index in [9.17, 15) is 4.79 Å². The predicted molar refractivity (Wildman–Crippen MR) is 83.7 cm³/mol. The van der Waals surface area contributed by atoms with Crippen LogP contribution >= 0.6 is 15.9 Å². The molecule has 1 aromatic carbocycles. The molecular formula is C16H16BrNO2. The maximum Gasteiger partial charge on any atom is 0.303 e. The molecule has 0 atom stereocenters. The Morgan fingerprint density at radius 1 is 1.25 bits per heavy atom. The summed E-state index contributed by atoms with van der Waals surface area (Å²) < 4.78 is 3.15. The second-order valence-electron chi connectivity index (χ2n) is 4.51. The van der Waals surface area contributed by atoms with Crippen molar-refractivity contribution in [2.75, 3.05) is 0 Å². The number of hydrogen-bond donors (Lipinski definition) is 1. The minimum absolute atomic E-state index is 0.140. The molecule has 0 aliphatic rings. The highest BCUT2D eigenvalue weighted by Crippen LogP contribution is 2.25. The SMILES string of the molecule is C=CCn1c(CCC(=O)O)ccc1-c1ccc(Br)cc1. The van der Waals surface area contributed by atoms with Crippen LogP contribution in [-0.4, -0.2) is 15.6 Å². The first-order valence-corrected chi connectivity index (χ1v) is 7.18. The molecule has 1 heterocycles. The first-order valence-electron chi connectivity index (χ1n) is 6.39. The molecule has 0 saturated heterocycles. The van der Waals surface area contributed by atoms with Gasteiger partial charge in [-0.25, -0.2) is 0 Å². The zero-order valence-corrected chi connectivity index (χ0v) is 12.6. The molecule has 0 amide bonds. The Bertz CT molecular complexity index is 614. The van der Waals surface area contributed by atoms with E-state index in [4.69, 9.17) is 5.11 Å². The van der Waals surface area contributed by atoms with Gasteiger partial charge in [0.25, 0.3) is 0 Å². The van der Waals surface area contributed by atoms with Crippen molar-refractivity contribution >= 4 is 21.9 Å². The number of rotatable bonds is 6. The summed E-state index contributed by atoms with van der Waals surface area (Å²) in [6.45, 7) is 4.45. The zero-order valence-electron chi connectivity index (χ0n) is 11.1. The van der Waals surface area contributed by atoms with Gasteiger partial charge < -0.3 is 9.67 Å². The van der Waals surface area contributed by atoms with Crippen LogP contribution in [0.1, 0.15) is 12.1 Å². The smallest absolute Gasteiger partial charge is 0.303 e. The highest BCUT2D eigenvalue weighted by molar-refractivity contribution is 9.10. The van der Waals surface area contributed by atoms with E-state index in [-0.39, 0.29) is 6.42 Å². The number of aryl methyl sites for hydroxylation is 1. The summed E-state index contributed by atoms with van der Waals surface area (Å²) in [5.41, 5.74) is 3.21. The van der Waals surface area contributed by atoms with Crippen LogP contribution in [-0.2, 0) is 17.8 Å². The quantitative estimate of drug-likeness (QED) is 0.808. The number of nitrogens with zero attached hydrogens (tertiary/aromatic N) is 1. The summed E-state index contributed by atoms with van der Waals surface area (Å²) in [7, 11) is 0. The topological polar surface area (TPSA) is 42.2 Å². The Balaban J connectivity index is 2.35. The molecule has 0 bridgehead atoms. The first-order chi connectivity index (χ1) is 9.61. The lowest BCUT2D eigenvalue weighted by Crippen LogP contribution is -2.06. The first kappa shape index (κ1) is 14.6. The normalized spacial score (nSPS) is 10.4. The number of allylic oxidation sites excluding steroid dienone is 1. The maximum atomic E-state index is 10.7. The molecule has 2 rings (SSSR count). The number of carboxylic acid groups (broad SMARTS) is 1. The van der Waals surface area contributed by atoms with Gasteiger partial charge in [-0.1, -0.05) is 34.1 Å². The van der Waals surface area contributed by atoms with Crippen LogP contribution in [0.15, 0.2) is 53.5 Å². The fourth-order valence-electron chi connectivity index (χ4n) is 2.18. The molecule has 0 fully saturated rings. The van der Waals surface area contributed by atoms with Crippen molar-refractivity contribution in [2.24, 2.45) is 0 Å². The lowest BCUT2D eigenvalue weighted by Gasteiger charge is -2.11. The Morgan fingerprint density at radius 2 is 1.95 bits per heavy atom. The molecule has 4 heteroatoms. The van der Waals surface area contributed by atoms with Crippen LogP contribution in [0.4, 0.5) is 0 Å². The molecule has 104 valence electrons. The average Bonchev–Trinajstić information content (AvgIpc) is 2.81. The third-order valence-electron chi connectivity index (χ3n) is 3.12. The van der Waals surface area contributed by atoms with E-state index in [1.165, 1.54) is 0 Å². The van der Waals surface area contributed by atoms with Crippen LogP contribution < -0.4 is 0 Å². The summed E-state index contributed by atoms with van der Waals surface area (Å²) >= 11 is 3.43. The fraction of sp³-hybridized carbons (Fsp3) is 0.188. The Morgan fingerprint density at radius 3 is 2.55 bits per heavy atom. The number of carboxylic acids is 1. The minimum Gasteiger partial charge on any atom is -0.481 e. The summed E-state index contributed by atoms with van der Waals surface area (Å²) in [6, 6.07) is 12.1. The van der Waals surface area contributed by atoms with Crippen molar-refractivity contribution < 1.29 is 9.90 Å². The van der Waals surface area contributed by atoms with E-state index in [2.05, 4.69) is 27.1 Å². The Kier molecular flexibility index (Phi) is 4.79. The van der Waals surface area contributed by atoms with E-state index in [0.29, 0.717) is 13.0 Å². The van der Waals surface area contributed by atoms with Gasteiger partial charge >= 0.3 is 5.97 Å². The summed E-state index contributed by atoms with van der Waals surface area (Å²) in [6.07, 6.45) is 2.49. The zero-order chi connectivity index (χ0) is 14.5. The van der Waals surface area contributed by atoms with Crippen LogP contribution in [0.2, 0.25) is 0 Å². The molecule has 0 aliphatic heterocycles. The van der Waals surface area contributed by atoms with Crippen molar-refractivity contribution in [3.63, 3.8) is 0 Å². The van der Waals surface area contributed by atoms with Gasteiger partial charge in [0.15, 0.2) is 0 Å². The average molecular weight is 334 g/mol. The van der Waals surface area contributed by atoms with Gasteiger partial charge in [0.1, 0.15) is 0 Å². The van der Waals surface area contributed by atoms with Gasteiger partial charge in [0.05, 0.1) is 6.42 Å². The van der Waals surface area contributed by atoms with Crippen LogP contribution in [0, 0.1) is 0 Å². The van der Waals surface area contributed by atoms with Crippen molar-refractivity contribution in [1.29, 1.82) is 0 Å². The van der Waals surface area contributed by atoms with E-state index in [1.807, 2.05) is 42.5 Å². The van der Waals surface area contributed by atoms with Crippen molar-refractivity contribution in [2.45, 2.75) is 19.4 Å². The molecule has 3 nitrogen and oxygen atoms in total. The second kappa shape index (κ2) is 6.57. The lowest BCUT2D eigenvalue weighted by molar-refractivity contribution is -0.136. The molecule has 0 radical (unpaired) electrons. The number of benzene rings is 1. The van der Waals surface area contributed by atoms with Crippen molar-refractivity contribution in [1.82, 2.24) is 4.57 Å². The van der Waals surface area contributed by atoms with Gasteiger partial charge in [-0.3, -0.25) is 4.79 Å². The standard InChI is InChI=1S/C16H16BrNO2/c1-2-11-18-14(8-10-16(19)20)7-9-15(18)12-3-5-13(17)6-4-12/h2-7,9H,1,8,10-11H2,(H,19,20). The van der Waals surface area contributed by atoms with Crippen molar-refractivity contribution in [3.05, 3.63) is 59.2 Å². The monoisotopic (exact) mass is 333 g/mol. The lowest BCUT2D eigenvalue weighted by atomic mass is 10.1. The Hall–Kier alpha value is -1.81. The highest BCUT2D eigenvalue weighted by atomic mass is 79.9. The number of aliphatic carboxylic acids is 1. The van der Waals surface area contributed by atoms with E-state index < -0.39 is 5.97 Å². The summed E-state index contributed by atoms with van der Waals surface area (Å²) in [4.78, 5) is 10.7. The van der Waals surface area contributed by atoms with E-state index in [0.717, 1.165) is 21.4 Å². The molecule has 1 N–H and O–H groups in total. The second-order valence-corrected chi connectivity index (χ2v) is 5.43. The molecule has 2 aromatic rings. The summed E-state index contributed by atoms with van der Waals surface area (Å²) in [5.74, 6) is -0.776. The number of carbonyl (C=O) groups is 1. The van der Waals surface area contributed by atoms with Crippen LogP contribution in [0.3, 0.4) is 0 Å². The molecule has 0 saturated carbocycles. The van der Waals surface area contributed by atoms with Gasteiger partial charge in [0.2, 0.25) is 0 Å². The fourth-order valence-corrected chi connectivity index (χ4v) is 2.44. The number of halogens is 1. The van der Waals surface area contributed by atoms with E-state index >= 15 is 0 Å². The number of hydrogen-bond acceptors (Lipinski definition) is 1. The van der Waals surface area contributed by atoms with Gasteiger partial charge in [-0.2, -0.15) is 0 Å². The number of aromatic nitrogens is 1. The third kappa shape index (κ3) is 3.39. The molecule has 1 aromatic heterocycles. The van der Waals surface area contributed by atoms with Gasteiger partial charge in [-0.05, 0) is 36.2 Å². The van der Waals surface area contributed by atoms with Crippen LogP contribution in [0.5, 0.6) is 0 Å². The molecule has 0 aliphatic carbocycles. The highest BCUT2D eigenvalue weighted by Gasteiger charge is 2.10. The maximum absolute atomic E-state index is 10.7. The molecule has 0 unspecified atom stereocenters. The predicted octanol–water partition coefficient (Wildman–Crippen LogP) is 4.12. The summed E-state index contributed by atoms with van der Waals surface area (Å²) in [5, 5.41) is 8.82. The van der Waals surface area contributed by atoms with Gasteiger partial charge in [0, 0.05) is 22.4 Å². The largest absolute Gasteiger partial charge is 0.481 e. The third-order valence-corrected chi connectivity index (χ3v) is 3.65. The van der Waals surface area contributed by atoms with Crippen LogP contribution in [0.25, 0.3) is 11.3 Å². The van der Waals surface area contributed by atoms with Gasteiger partial charge in [-0.15, -0.1) is 6.58 Å². The van der Waals surface area contributed by atoms with E-state index in [1.54, 1.807) is 0 Å². The Labute approximate surface area is 126 Å². The molecule has 20 heavy (non-hydrogen) atoms. The van der Waals surface area contributed by atoms with Crippen molar-refractivity contribution in [3.8, 4) is 11.3 Å². The molecular weight excluding hydrogens is 318 g/mol. The minimum atomic E-state index is -0.776.